The lowest BCUT2D eigenvalue weighted by Gasteiger charge is -2.16. The first-order chi connectivity index (χ1) is 8.77. The third-order valence-corrected chi connectivity index (χ3v) is 3.23. The Morgan fingerprint density at radius 2 is 1.61 bits per heavy atom. The summed E-state index contributed by atoms with van der Waals surface area (Å²) in [6.45, 7) is 0. The second-order valence-corrected chi connectivity index (χ2v) is 4.61. The Balaban J connectivity index is 2.26. The Morgan fingerprint density at radius 3 is 2.33 bits per heavy atom. The average Bonchev–Trinajstić information content (AvgIpc) is 2.83. The number of nitrogens with zero attached hydrogens (tertiary/aromatic N) is 2. The Morgan fingerprint density at radius 1 is 0.833 bits per heavy atom. The van der Waals surface area contributed by atoms with E-state index in [0.717, 1.165) is 0 Å². The molecule has 0 aliphatic carbocycles. The molecule has 0 N–H and O–H groups in total. The standard InChI is InChI=1S/C16H16N2/c1-17(2)18-12-11-15-14(9-6-10-16(15)18)13-7-4-3-5-8-13/h3-12H,1-2H3. The minimum absolute atomic E-state index is 1.24. The zero-order chi connectivity index (χ0) is 12.5. The monoisotopic (exact) mass is 236 g/mol. The van der Waals surface area contributed by atoms with Crippen LogP contribution < -0.4 is 5.01 Å². The van der Waals surface area contributed by atoms with E-state index in [1.807, 2.05) is 0 Å². The summed E-state index contributed by atoms with van der Waals surface area (Å²) in [6, 6.07) is 19.1. The minimum atomic E-state index is 1.24. The van der Waals surface area contributed by atoms with Crippen molar-refractivity contribution in [3.05, 3.63) is 60.8 Å². The maximum Gasteiger partial charge on any atom is 0.0700 e. The number of benzene rings is 2. The van der Waals surface area contributed by atoms with E-state index in [0.29, 0.717) is 0 Å². The molecule has 0 radical (unpaired) electrons. The van der Waals surface area contributed by atoms with Crippen molar-refractivity contribution in [1.82, 2.24) is 4.68 Å². The van der Waals surface area contributed by atoms with Crippen LogP contribution in [0.15, 0.2) is 60.8 Å². The Hall–Kier alpha value is -2.22. The molecule has 1 aromatic heterocycles. The smallest absolute Gasteiger partial charge is 0.0700 e. The molecule has 0 amide bonds. The number of hydrogen-bond donors (Lipinski definition) is 0. The van der Waals surface area contributed by atoms with Gasteiger partial charge in [-0.05, 0) is 23.3 Å². The molecule has 1 heterocycles. The van der Waals surface area contributed by atoms with Crippen molar-refractivity contribution in [3.8, 4) is 11.1 Å². The number of hydrogen-bond acceptors (Lipinski definition) is 1. The van der Waals surface area contributed by atoms with Crippen LogP contribution in [-0.4, -0.2) is 18.8 Å². The summed E-state index contributed by atoms with van der Waals surface area (Å²) in [5.41, 5.74) is 3.79. The maximum atomic E-state index is 2.18. The highest BCUT2D eigenvalue weighted by atomic mass is 15.5. The van der Waals surface area contributed by atoms with Crippen molar-refractivity contribution in [2.24, 2.45) is 0 Å². The van der Waals surface area contributed by atoms with Gasteiger partial charge in [0.15, 0.2) is 0 Å². The van der Waals surface area contributed by atoms with Crippen molar-refractivity contribution < 1.29 is 0 Å². The van der Waals surface area contributed by atoms with Crippen LogP contribution in [0.3, 0.4) is 0 Å². The second kappa shape index (κ2) is 4.22. The van der Waals surface area contributed by atoms with Crippen LogP contribution in [0.2, 0.25) is 0 Å². The highest BCUT2D eigenvalue weighted by Crippen LogP contribution is 2.28. The summed E-state index contributed by atoms with van der Waals surface area (Å²) in [7, 11) is 4.10. The number of rotatable bonds is 2. The van der Waals surface area contributed by atoms with Crippen molar-refractivity contribution in [3.63, 3.8) is 0 Å². The zero-order valence-corrected chi connectivity index (χ0v) is 10.7. The molecule has 2 heteroatoms. The van der Waals surface area contributed by atoms with E-state index in [2.05, 4.69) is 84.6 Å². The lowest BCUT2D eigenvalue weighted by atomic mass is 10.0. The SMILES string of the molecule is CN(C)n1ccc2c(-c3ccccc3)cccc21. The highest BCUT2D eigenvalue weighted by Gasteiger charge is 2.07. The zero-order valence-electron chi connectivity index (χ0n) is 10.7. The molecule has 0 aliphatic heterocycles. The molecule has 2 nitrogen and oxygen atoms in total. The fourth-order valence-corrected chi connectivity index (χ4v) is 2.37. The van der Waals surface area contributed by atoms with Crippen LogP contribution in [0.1, 0.15) is 0 Å². The van der Waals surface area contributed by atoms with Crippen molar-refractivity contribution in [2.45, 2.75) is 0 Å². The number of fused-ring (bicyclic) bond motifs is 1. The first kappa shape index (κ1) is 10.9. The van der Waals surface area contributed by atoms with Crippen LogP contribution in [0.5, 0.6) is 0 Å². The van der Waals surface area contributed by atoms with Crippen molar-refractivity contribution in [2.75, 3.05) is 19.1 Å². The topological polar surface area (TPSA) is 8.17 Å². The van der Waals surface area contributed by atoms with Gasteiger partial charge in [0.05, 0.1) is 5.52 Å². The van der Waals surface area contributed by atoms with Gasteiger partial charge in [-0.25, -0.2) is 0 Å². The van der Waals surface area contributed by atoms with Gasteiger partial charge < -0.3 is 5.01 Å². The molecule has 0 aliphatic rings. The third kappa shape index (κ3) is 1.66. The van der Waals surface area contributed by atoms with Gasteiger partial charge >= 0.3 is 0 Å². The quantitative estimate of drug-likeness (QED) is 0.661. The van der Waals surface area contributed by atoms with Gasteiger partial charge in [-0.3, -0.25) is 4.68 Å². The summed E-state index contributed by atoms with van der Waals surface area (Å²) in [5.74, 6) is 0. The lowest BCUT2D eigenvalue weighted by Crippen LogP contribution is -2.23. The largest absolute Gasteiger partial charge is 0.319 e. The lowest BCUT2D eigenvalue weighted by molar-refractivity contribution is 0.762. The van der Waals surface area contributed by atoms with Crippen LogP contribution in [0.25, 0.3) is 22.0 Å². The maximum absolute atomic E-state index is 2.18. The predicted molar refractivity (Wildman–Crippen MR) is 77.4 cm³/mol. The fraction of sp³-hybridized carbons (Fsp3) is 0.125. The van der Waals surface area contributed by atoms with Crippen LogP contribution >= 0.6 is 0 Å². The highest BCUT2D eigenvalue weighted by molar-refractivity contribution is 5.95. The fourth-order valence-electron chi connectivity index (χ4n) is 2.37. The van der Waals surface area contributed by atoms with Crippen LogP contribution in [0, 0.1) is 0 Å². The first-order valence-corrected chi connectivity index (χ1v) is 6.10. The Labute approximate surface area is 107 Å². The molecule has 0 bridgehead atoms. The van der Waals surface area contributed by atoms with Gasteiger partial charge in [-0.1, -0.05) is 42.5 Å². The normalized spacial score (nSPS) is 10.8. The molecule has 0 saturated carbocycles. The molecular formula is C16H16N2. The predicted octanol–water partition coefficient (Wildman–Crippen LogP) is 3.51. The van der Waals surface area contributed by atoms with E-state index in [1.165, 1.54) is 22.0 Å². The van der Waals surface area contributed by atoms with E-state index in [1.54, 1.807) is 0 Å². The molecular weight excluding hydrogens is 220 g/mol. The van der Waals surface area contributed by atoms with E-state index >= 15 is 0 Å². The summed E-state index contributed by atoms with van der Waals surface area (Å²) in [4.78, 5) is 0. The Bertz CT molecular complexity index is 666. The minimum Gasteiger partial charge on any atom is -0.319 e. The van der Waals surface area contributed by atoms with Gasteiger partial charge in [0.25, 0.3) is 0 Å². The summed E-state index contributed by atoms with van der Waals surface area (Å²) in [5, 5.41) is 3.37. The van der Waals surface area contributed by atoms with E-state index in [-0.39, 0.29) is 0 Å². The van der Waals surface area contributed by atoms with Crippen molar-refractivity contribution in [1.29, 1.82) is 0 Å². The van der Waals surface area contributed by atoms with Gasteiger partial charge in [0.1, 0.15) is 0 Å². The van der Waals surface area contributed by atoms with E-state index < -0.39 is 0 Å². The molecule has 0 unspecified atom stereocenters. The van der Waals surface area contributed by atoms with E-state index in [4.69, 9.17) is 0 Å². The van der Waals surface area contributed by atoms with E-state index in [9.17, 15) is 0 Å². The van der Waals surface area contributed by atoms with Crippen LogP contribution in [-0.2, 0) is 0 Å². The third-order valence-electron chi connectivity index (χ3n) is 3.23. The molecule has 2 aromatic carbocycles. The average molecular weight is 236 g/mol. The van der Waals surface area contributed by atoms with Crippen molar-refractivity contribution >= 4 is 10.9 Å². The molecule has 0 fully saturated rings. The summed E-state index contributed by atoms with van der Waals surface area (Å²) in [6.07, 6.45) is 2.11. The summed E-state index contributed by atoms with van der Waals surface area (Å²) < 4.78 is 2.15. The molecule has 3 rings (SSSR count). The molecule has 0 saturated heterocycles. The van der Waals surface area contributed by atoms with Gasteiger partial charge in [0, 0.05) is 25.7 Å². The molecule has 18 heavy (non-hydrogen) atoms. The Kier molecular flexibility index (Phi) is 2.56. The molecule has 90 valence electrons. The molecule has 0 atom stereocenters. The summed E-state index contributed by atoms with van der Waals surface area (Å²) >= 11 is 0. The number of aromatic nitrogens is 1. The van der Waals surface area contributed by atoms with Crippen LogP contribution in [0.4, 0.5) is 0 Å². The second-order valence-electron chi connectivity index (χ2n) is 4.61. The van der Waals surface area contributed by atoms with Gasteiger partial charge in [-0.15, -0.1) is 0 Å². The first-order valence-electron chi connectivity index (χ1n) is 6.10. The van der Waals surface area contributed by atoms with Gasteiger partial charge in [-0.2, -0.15) is 0 Å². The molecule has 0 spiro atoms. The molecule has 3 aromatic rings. The van der Waals surface area contributed by atoms with Gasteiger partial charge in [0.2, 0.25) is 0 Å².